The molecule has 1 heterocycles. The molecule has 0 N–H and O–H groups in total. The second-order valence-electron chi connectivity index (χ2n) is 4.38. The van der Waals surface area contributed by atoms with Gasteiger partial charge in [-0.25, -0.2) is 4.98 Å². The fourth-order valence-corrected chi connectivity index (χ4v) is 1.99. The molecular formula is C12H18N4. The lowest BCUT2D eigenvalue weighted by molar-refractivity contribution is 0.270. The zero-order chi connectivity index (χ0) is 11.4. The van der Waals surface area contributed by atoms with Gasteiger partial charge < -0.3 is 4.57 Å². The van der Waals surface area contributed by atoms with Crippen molar-refractivity contribution >= 4 is 0 Å². The summed E-state index contributed by atoms with van der Waals surface area (Å²) in [6.07, 6.45) is 8.03. The van der Waals surface area contributed by atoms with Crippen LogP contribution >= 0.6 is 0 Å². The summed E-state index contributed by atoms with van der Waals surface area (Å²) in [5, 5.41) is 8.62. The highest BCUT2D eigenvalue weighted by atomic mass is 15.2. The van der Waals surface area contributed by atoms with Gasteiger partial charge in [-0.05, 0) is 12.8 Å². The SMILES string of the molecule is Cn1ccnc1CCN(CCC#N)C1CC1. The van der Waals surface area contributed by atoms with Crippen LogP contribution in [-0.2, 0) is 13.5 Å². The fraction of sp³-hybridized carbons (Fsp3) is 0.667. The summed E-state index contributed by atoms with van der Waals surface area (Å²) in [5.74, 6) is 1.13. The first-order valence-electron chi connectivity index (χ1n) is 5.88. The monoisotopic (exact) mass is 218 g/mol. The number of aryl methyl sites for hydroxylation is 1. The topological polar surface area (TPSA) is 44.9 Å². The number of nitriles is 1. The van der Waals surface area contributed by atoms with E-state index in [2.05, 4.69) is 20.5 Å². The quantitative estimate of drug-likeness (QED) is 0.723. The number of nitrogens with zero attached hydrogens (tertiary/aromatic N) is 4. The van der Waals surface area contributed by atoms with Gasteiger partial charge in [-0.3, -0.25) is 4.90 Å². The molecule has 0 saturated heterocycles. The maximum Gasteiger partial charge on any atom is 0.109 e. The van der Waals surface area contributed by atoms with Gasteiger partial charge in [0.25, 0.3) is 0 Å². The standard InChI is InChI=1S/C12H18N4/c1-15-10-7-14-12(15)5-9-16(8-2-6-13)11-3-4-11/h7,10-11H,2-5,8-9H2,1H3. The zero-order valence-corrected chi connectivity index (χ0v) is 9.76. The second kappa shape index (κ2) is 5.13. The summed E-state index contributed by atoms with van der Waals surface area (Å²) in [5.41, 5.74) is 0. The number of aromatic nitrogens is 2. The van der Waals surface area contributed by atoms with Crippen molar-refractivity contribution in [2.75, 3.05) is 13.1 Å². The molecule has 0 radical (unpaired) electrons. The zero-order valence-electron chi connectivity index (χ0n) is 9.76. The maximum absolute atomic E-state index is 8.62. The third-order valence-corrected chi connectivity index (χ3v) is 3.12. The summed E-state index contributed by atoms with van der Waals surface area (Å²) < 4.78 is 2.06. The molecule has 0 aromatic carbocycles. The Hall–Kier alpha value is -1.34. The molecule has 16 heavy (non-hydrogen) atoms. The van der Waals surface area contributed by atoms with Crippen LogP contribution in [0.15, 0.2) is 12.4 Å². The largest absolute Gasteiger partial charge is 0.338 e. The van der Waals surface area contributed by atoms with E-state index in [-0.39, 0.29) is 0 Å². The van der Waals surface area contributed by atoms with Gasteiger partial charge in [0.1, 0.15) is 5.82 Å². The molecule has 2 rings (SSSR count). The van der Waals surface area contributed by atoms with Crippen LogP contribution in [0.3, 0.4) is 0 Å². The van der Waals surface area contributed by atoms with E-state index in [0.29, 0.717) is 6.42 Å². The van der Waals surface area contributed by atoms with Crippen molar-refractivity contribution in [1.29, 1.82) is 5.26 Å². The molecule has 1 saturated carbocycles. The first-order chi connectivity index (χ1) is 7.81. The van der Waals surface area contributed by atoms with Gasteiger partial charge in [-0.15, -0.1) is 0 Å². The number of rotatable bonds is 6. The lowest BCUT2D eigenvalue weighted by Crippen LogP contribution is -2.29. The molecule has 0 amide bonds. The molecule has 1 aliphatic carbocycles. The van der Waals surface area contributed by atoms with Crippen molar-refractivity contribution in [3.05, 3.63) is 18.2 Å². The average Bonchev–Trinajstić information content (AvgIpc) is 3.04. The van der Waals surface area contributed by atoms with Crippen molar-refractivity contribution in [1.82, 2.24) is 14.5 Å². The van der Waals surface area contributed by atoms with Gasteiger partial charge in [0, 0.05) is 51.4 Å². The second-order valence-corrected chi connectivity index (χ2v) is 4.38. The van der Waals surface area contributed by atoms with Gasteiger partial charge in [-0.2, -0.15) is 5.26 Å². The van der Waals surface area contributed by atoms with Gasteiger partial charge in [-0.1, -0.05) is 0 Å². The van der Waals surface area contributed by atoms with E-state index in [4.69, 9.17) is 5.26 Å². The van der Waals surface area contributed by atoms with E-state index in [1.807, 2.05) is 19.4 Å². The van der Waals surface area contributed by atoms with Crippen LogP contribution in [0, 0.1) is 11.3 Å². The summed E-state index contributed by atoms with van der Waals surface area (Å²) in [4.78, 5) is 6.75. The Kier molecular flexibility index (Phi) is 3.58. The predicted octanol–water partition coefficient (Wildman–Crippen LogP) is 1.34. The van der Waals surface area contributed by atoms with Crippen molar-refractivity contribution in [3.63, 3.8) is 0 Å². The molecule has 86 valence electrons. The Bertz CT molecular complexity index is 373. The van der Waals surface area contributed by atoms with Crippen LogP contribution in [-0.4, -0.2) is 33.6 Å². The van der Waals surface area contributed by atoms with Crippen molar-refractivity contribution in [3.8, 4) is 6.07 Å². The molecule has 1 aromatic heterocycles. The van der Waals surface area contributed by atoms with Crippen LogP contribution in [0.25, 0.3) is 0 Å². The minimum Gasteiger partial charge on any atom is -0.338 e. The first kappa shape index (κ1) is 11.2. The molecule has 0 unspecified atom stereocenters. The van der Waals surface area contributed by atoms with Crippen molar-refractivity contribution in [2.24, 2.45) is 7.05 Å². The predicted molar refractivity (Wildman–Crippen MR) is 61.7 cm³/mol. The smallest absolute Gasteiger partial charge is 0.109 e. The third-order valence-electron chi connectivity index (χ3n) is 3.12. The molecular weight excluding hydrogens is 200 g/mol. The highest BCUT2D eigenvalue weighted by Gasteiger charge is 2.28. The summed E-state index contributed by atoms with van der Waals surface area (Å²) >= 11 is 0. The number of imidazole rings is 1. The summed E-state index contributed by atoms with van der Waals surface area (Å²) in [7, 11) is 2.03. The average molecular weight is 218 g/mol. The van der Waals surface area contributed by atoms with Crippen molar-refractivity contribution in [2.45, 2.75) is 31.7 Å². The first-order valence-corrected chi connectivity index (χ1v) is 5.88. The lowest BCUT2D eigenvalue weighted by atomic mass is 10.3. The van der Waals surface area contributed by atoms with E-state index in [0.717, 1.165) is 31.4 Å². The minimum absolute atomic E-state index is 0.636. The van der Waals surface area contributed by atoms with Gasteiger partial charge in [0.05, 0.1) is 6.07 Å². The number of hydrogen-bond donors (Lipinski definition) is 0. The lowest BCUT2D eigenvalue weighted by Gasteiger charge is -2.20. The minimum atomic E-state index is 0.636. The maximum atomic E-state index is 8.62. The molecule has 0 bridgehead atoms. The molecule has 1 aromatic rings. The van der Waals surface area contributed by atoms with Crippen LogP contribution in [0.4, 0.5) is 0 Å². The molecule has 4 heteroatoms. The van der Waals surface area contributed by atoms with Gasteiger partial charge in [0.15, 0.2) is 0 Å². The Morgan fingerprint density at radius 3 is 2.94 bits per heavy atom. The normalized spacial score (nSPS) is 15.3. The van der Waals surface area contributed by atoms with Gasteiger partial charge >= 0.3 is 0 Å². The van der Waals surface area contributed by atoms with E-state index < -0.39 is 0 Å². The highest BCUT2D eigenvalue weighted by Crippen LogP contribution is 2.26. The fourth-order valence-electron chi connectivity index (χ4n) is 1.99. The Labute approximate surface area is 96.5 Å². The van der Waals surface area contributed by atoms with Crippen LogP contribution in [0.5, 0.6) is 0 Å². The number of hydrogen-bond acceptors (Lipinski definition) is 3. The molecule has 0 spiro atoms. The third kappa shape index (κ3) is 2.83. The molecule has 4 nitrogen and oxygen atoms in total. The van der Waals surface area contributed by atoms with Crippen LogP contribution in [0.1, 0.15) is 25.1 Å². The van der Waals surface area contributed by atoms with E-state index in [9.17, 15) is 0 Å². The summed E-state index contributed by atoms with van der Waals surface area (Å²) in [6.45, 7) is 1.93. The van der Waals surface area contributed by atoms with E-state index in [1.165, 1.54) is 12.8 Å². The highest BCUT2D eigenvalue weighted by molar-refractivity contribution is 4.94. The molecule has 1 fully saturated rings. The van der Waals surface area contributed by atoms with Crippen molar-refractivity contribution < 1.29 is 0 Å². The Balaban J connectivity index is 1.82. The van der Waals surface area contributed by atoms with Gasteiger partial charge in [0.2, 0.25) is 0 Å². The summed E-state index contributed by atoms with van der Waals surface area (Å²) in [6, 6.07) is 2.95. The van der Waals surface area contributed by atoms with E-state index >= 15 is 0 Å². The van der Waals surface area contributed by atoms with Crippen LogP contribution < -0.4 is 0 Å². The molecule has 1 aliphatic rings. The van der Waals surface area contributed by atoms with Crippen LogP contribution in [0.2, 0.25) is 0 Å². The Morgan fingerprint density at radius 1 is 1.56 bits per heavy atom. The Morgan fingerprint density at radius 2 is 2.38 bits per heavy atom. The molecule has 0 aliphatic heterocycles. The molecule has 0 atom stereocenters. The van der Waals surface area contributed by atoms with E-state index in [1.54, 1.807) is 0 Å².